The molecule has 2 aromatic rings. The number of rotatable bonds is 2. The highest BCUT2D eigenvalue weighted by Crippen LogP contribution is 2.36. The van der Waals surface area contributed by atoms with Gasteiger partial charge in [-0.25, -0.2) is 0 Å². The average molecular weight is 303 g/mol. The SMILES string of the molecule is Cc1cc(Cl)c(NC2CC(C)CC(C)C2)c2cccnc12. The van der Waals surface area contributed by atoms with E-state index in [0.29, 0.717) is 6.04 Å². The Hall–Kier alpha value is -1.28. The molecule has 21 heavy (non-hydrogen) atoms. The van der Waals surface area contributed by atoms with Crippen molar-refractivity contribution in [2.75, 3.05) is 5.32 Å². The fourth-order valence-electron chi connectivity index (χ4n) is 3.80. The van der Waals surface area contributed by atoms with Crippen LogP contribution in [0.25, 0.3) is 10.9 Å². The van der Waals surface area contributed by atoms with Crippen molar-refractivity contribution in [2.45, 2.75) is 46.1 Å². The lowest BCUT2D eigenvalue weighted by atomic mass is 9.80. The number of nitrogens with one attached hydrogen (secondary N) is 1. The summed E-state index contributed by atoms with van der Waals surface area (Å²) in [6, 6.07) is 6.62. The molecule has 1 saturated carbocycles. The van der Waals surface area contributed by atoms with Gasteiger partial charge >= 0.3 is 0 Å². The molecular weight excluding hydrogens is 280 g/mol. The topological polar surface area (TPSA) is 24.9 Å². The first-order valence-electron chi connectivity index (χ1n) is 7.85. The van der Waals surface area contributed by atoms with Crippen molar-refractivity contribution in [1.82, 2.24) is 4.98 Å². The largest absolute Gasteiger partial charge is 0.381 e. The van der Waals surface area contributed by atoms with Gasteiger partial charge in [0, 0.05) is 17.6 Å². The molecule has 2 unspecified atom stereocenters. The third kappa shape index (κ3) is 3.01. The summed E-state index contributed by atoms with van der Waals surface area (Å²) in [6.45, 7) is 6.76. The second-order valence-corrected chi connectivity index (χ2v) is 7.12. The summed E-state index contributed by atoms with van der Waals surface area (Å²) in [5.74, 6) is 1.56. The Kier molecular flexibility index (Phi) is 4.08. The van der Waals surface area contributed by atoms with E-state index in [1.165, 1.54) is 19.3 Å². The van der Waals surface area contributed by atoms with Gasteiger partial charge in [-0.1, -0.05) is 25.4 Å². The van der Waals surface area contributed by atoms with Gasteiger partial charge in [-0.05, 0) is 61.8 Å². The van der Waals surface area contributed by atoms with Crippen LogP contribution in [0.1, 0.15) is 38.7 Å². The van der Waals surface area contributed by atoms with E-state index in [4.69, 9.17) is 11.6 Å². The monoisotopic (exact) mass is 302 g/mol. The molecule has 3 rings (SSSR count). The Labute approximate surface area is 131 Å². The number of benzene rings is 1. The normalized spacial score (nSPS) is 26.0. The minimum absolute atomic E-state index is 0.507. The highest BCUT2D eigenvalue weighted by Gasteiger charge is 2.25. The van der Waals surface area contributed by atoms with Crippen LogP contribution in [0.2, 0.25) is 5.02 Å². The molecule has 0 spiro atoms. The third-order valence-electron chi connectivity index (χ3n) is 4.56. The maximum atomic E-state index is 6.51. The highest BCUT2D eigenvalue weighted by molar-refractivity contribution is 6.35. The highest BCUT2D eigenvalue weighted by atomic mass is 35.5. The van der Waals surface area contributed by atoms with Gasteiger partial charge in [-0.3, -0.25) is 4.98 Å². The fraction of sp³-hybridized carbons (Fsp3) is 0.500. The van der Waals surface area contributed by atoms with Crippen molar-refractivity contribution in [3.63, 3.8) is 0 Å². The predicted octanol–water partition coefficient (Wildman–Crippen LogP) is 5.43. The predicted molar refractivity (Wildman–Crippen MR) is 91.1 cm³/mol. The van der Waals surface area contributed by atoms with Crippen molar-refractivity contribution in [2.24, 2.45) is 11.8 Å². The molecule has 1 aromatic carbocycles. The summed E-state index contributed by atoms with van der Waals surface area (Å²) < 4.78 is 0. The first-order valence-corrected chi connectivity index (χ1v) is 8.22. The molecule has 0 aliphatic heterocycles. The molecule has 1 aliphatic rings. The van der Waals surface area contributed by atoms with E-state index >= 15 is 0 Å². The van der Waals surface area contributed by atoms with Gasteiger partial charge in [-0.15, -0.1) is 0 Å². The number of fused-ring (bicyclic) bond motifs is 1. The summed E-state index contributed by atoms with van der Waals surface area (Å²) >= 11 is 6.51. The van der Waals surface area contributed by atoms with Gasteiger partial charge in [0.05, 0.1) is 16.2 Å². The molecule has 0 saturated heterocycles. The average Bonchev–Trinajstić information content (AvgIpc) is 2.42. The number of anilines is 1. The van der Waals surface area contributed by atoms with Crippen LogP contribution in [-0.4, -0.2) is 11.0 Å². The number of pyridine rings is 1. The number of aromatic nitrogens is 1. The second-order valence-electron chi connectivity index (χ2n) is 6.71. The summed E-state index contributed by atoms with van der Waals surface area (Å²) in [5, 5.41) is 5.65. The minimum Gasteiger partial charge on any atom is -0.381 e. The fourth-order valence-corrected chi connectivity index (χ4v) is 4.12. The number of nitrogens with zero attached hydrogens (tertiary/aromatic N) is 1. The maximum Gasteiger partial charge on any atom is 0.0752 e. The lowest BCUT2D eigenvalue weighted by Crippen LogP contribution is -2.30. The maximum absolute atomic E-state index is 6.51. The van der Waals surface area contributed by atoms with Gasteiger partial charge in [0.25, 0.3) is 0 Å². The van der Waals surface area contributed by atoms with E-state index in [2.05, 4.69) is 37.1 Å². The van der Waals surface area contributed by atoms with E-state index in [1.807, 2.05) is 18.3 Å². The molecular formula is C18H23ClN2. The van der Waals surface area contributed by atoms with E-state index in [-0.39, 0.29) is 0 Å². The van der Waals surface area contributed by atoms with Crippen LogP contribution in [0, 0.1) is 18.8 Å². The molecule has 1 heterocycles. The summed E-state index contributed by atoms with van der Waals surface area (Å²) in [4.78, 5) is 4.51. The summed E-state index contributed by atoms with van der Waals surface area (Å²) in [7, 11) is 0. The molecule has 2 nitrogen and oxygen atoms in total. The van der Waals surface area contributed by atoms with Gasteiger partial charge in [0.15, 0.2) is 0 Å². The first-order chi connectivity index (χ1) is 10.0. The van der Waals surface area contributed by atoms with Crippen LogP contribution >= 0.6 is 11.6 Å². The van der Waals surface area contributed by atoms with E-state index in [0.717, 1.165) is 39.0 Å². The van der Waals surface area contributed by atoms with Gasteiger partial charge in [-0.2, -0.15) is 0 Å². The molecule has 1 aromatic heterocycles. The van der Waals surface area contributed by atoms with Crippen LogP contribution in [0.15, 0.2) is 24.4 Å². The van der Waals surface area contributed by atoms with Crippen LogP contribution in [0.4, 0.5) is 5.69 Å². The number of hydrogen-bond acceptors (Lipinski definition) is 2. The first kappa shape index (κ1) is 14.6. The van der Waals surface area contributed by atoms with Crippen molar-refractivity contribution in [3.05, 3.63) is 35.0 Å². The molecule has 0 bridgehead atoms. The third-order valence-corrected chi connectivity index (χ3v) is 4.86. The minimum atomic E-state index is 0.507. The standard InChI is InChI=1S/C18H23ClN2/c1-11-7-12(2)9-14(8-11)21-18-15-5-4-6-20-17(15)13(3)10-16(18)19/h4-6,10-12,14,21H,7-9H2,1-3H3. The molecule has 1 N–H and O–H groups in total. The van der Waals surface area contributed by atoms with Crippen LogP contribution in [0.3, 0.4) is 0 Å². The molecule has 2 atom stereocenters. The van der Waals surface area contributed by atoms with Gasteiger partial charge in [0.2, 0.25) is 0 Å². The number of hydrogen-bond donors (Lipinski definition) is 1. The zero-order chi connectivity index (χ0) is 15.0. The lowest BCUT2D eigenvalue weighted by Gasteiger charge is -2.33. The quantitative estimate of drug-likeness (QED) is 0.799. The van der Waals surface area contributed by atoms with Crippen LogP contribution in [-0.2, 0) is 0 Å². The van der Waals surface area contributed by atoms with E-state index < -0.39 is 0 Å². The van der Waals surface area contributed by atoms with Crippen molar-refractivity contribution < 1.29 is 0 Å². The lowest BCUT2D eigenvalue weighted by molar-refractivity contribution is 0.281. The molecule has 0 amide bonds. The molecule has 0 radical (unpaired) electrons. The molecule has 112 valence electrons. The molecule has 1 fully saturated rings. The van der Waals surface area contributed by atoms with E-state index in [1.54, 1.807) is 0 Å². The zero-order valence-corrected chi connectivity index (χ0v) is 13.7. The number of halogens is 1. The number of aryl methyl sites for hydroxylation is 1. The van der Waals surface area contributed by atoms with Gasteiger partial charge in [0.1, 0.15) is 0 Å². The molecule has 3 heteroatoms. The Balaban J connectivity index is 1.97. The van der Waals surface area contributed by atoms with Crippen LogP contribution in [0.5, 0.6) is 0 Å². The smallest absolute Gasteiger partial charge is 0.0752 e. The Morgan fingerprint density at radius 1 is 1.19 bits per heavy atom. The van der Waals surface area contributed by atoms with E-state index in [9.17, 15) is 0 Å². The van der Waals surface area contributed by atoms with Crippen molar-refractivity contribution in [1.29, 1.82) is 0 Å². The van der Waals surface area contributed by atoms with Crippen LogP contribution < -0.4 is 5.32 Å². The zero-order valence-electron chi connectivity index (χ0n) is 13.0. The van der Waals surface area contributed by atoms with Crippen molar-refractivity contribution >= 4 is 28.2 Å². The van der Waals surface area contributed by atoms with Crippen molar-refractivity contribution in [3.8, 4) is 0 Å². The summed E-state index contributed by atoms with van der Waals surface area (Å²) in [6.07, 6.45) is 5.62. The Bertz CT molecular complexity index is 643. The molecule has 1 aliphatic carbocycles. The summed E-state index contributed by atoms with van der Waals surface area (Å²) in [5.41, 5.74) is 3.23. The van der Waals surface area contributed by atoms with Gasteiger partial charge < -0.3 is 5.32 Å². The Morgan fingerprint density at radius 2 is 1.90 bits per heavy atom. The second kappa shape index (κ2) is 5.84. The Morgan fingerprint density at radius 3 is 2.62 bits per heavy atom.